The van der Waals surface area contributed by atoms with Crippen LogP contribution in [0.4, 0.5) is 10.1 Å². The van der Waals surface area contributed by atoms with E-state index in [2.05, 4.69) is 15.9 Å². The van der Waals surface area contributed by atoms with Crippen LogP contribution in [0.1, 0.15) is 16.5 Å². The predicted octanol–water partition coefficient (Wildman–Crippen LogP) is 5.02. The van der Waals surface area contributed by atoms with Crippen LogP contribution in [0.15, 0.2) is 46.9 Å². The van der Waals surface area contributed by atoms with E-state index in [1.165, 1.54) is 18.2 Å². The molecule has 0 bridgehead atoms. The molecule has 1 atom stereocenters. The molecule has 20 heavy (non-hydrogen) atoms. The number of para-hydroxylation sites is 1. The van der Waals surface area contributed by atoms with Crippen LogP contribution in [-0.4, -0.2) is 4.92 Å². The lowest BCUT2D eigenvalue weighted by molar-refractivity contribution is -0.385. The lowest BCUT2D eigenvalue weighted by atomic mass is 10.0. The van der Waals surface area contributed by atoms with Crippen molar-refractivity contribution in [2.75, 3.05) is 0 Å². The van der Waals surface area contributed by atoms with Crippen molar-refractivity contribution in [3.05, 3.63) is 74.0 Å². The van der Waals surface area contributed by atoms with E-state index in [0.29, 0.717) is 15.6 Å². The molecule has 0 aliphatic rings. The van der Waals surface area contributed by atoms with Gasteiger partial charge >= 0.3 is 0 Å². The summed E-state index contributed by atoms with van der Waals surface area (Å²) in [6.07, 6.45) is 0.259. The summed E-state index contributed by atoms with van der Waals surface area (Å²) in [6.45, 7) is 0. The van der Waals surface area contributed by atoms with Crippen LogP contribution in [0, 0.1) is 15.9 Å². The molecular formula is C14H10BrClFNO2. The summed E-state index contributed by atoms with van der Waals surface area (Å²) in [7, 11) is 0. The number of nitro groups is 1. The average Bonchev–Trinajstić information content (AvgIpc) is 2.37. The van der Waals surface area contributed by atoms with Gasteiger partial charge in [-0.1, -0.05) is 34.1 Å². The van der Waals surface area contributed by atoms with Gasteiger partial charge in [0, 0.05) is 16.1 Å². The van der Waals surface area contributed by atoms with Crippen molar-refractivity contribution in [3.63, 3.8) is 0 Å². The lowest BCUT2D eigenvalue weighted by Gasteiger charge is -2.11. The van der Waals surface area contributed by atoms with E-state index >= 15 is 0 Å². The number of hydrogen-bond acceptors (Lipinski definition) is 2. The maximum Gasteiger partial charge on any atom is 0.272 e. The largest absolute Gasteiger partial charge is 0.272 e. The molecule has 0 radical (unpaired) electrons. The van der Waals surface area contributed by atoms with Crippen LogP contribution in [0.5, 0.6) is 0 Å². The summed E-state index contributed by atoms with van der Waals surface area (Å²) in [4.78, 5) is 10.5. The standard InChI is InChI=1S/C14H10BrClFNO2/c15-11-5-10(6-12(17)8-11)13(16)7-9-3-1-2-4-14(9)18(19)20/h1-6,8,13H,7H2. The second kappa shape index (κ2) is 6.33. The summed E-state index contributed by atoms with van der Waals surface area (Å²) in [5, 5.41) is 10.4. The van der Waals surface area contributed by atoms with Gasteiger partial charge in [0.25, 0.3) is 5.69 Å². The van der Waals surface area contributed by atoms with Gasteiger partial charge < -0.3 is 0 Å². The van der Waals surface area contributed by atoms with Gasteiger partial charge in [0.05, 0.1) is 10.3 Å². The molecule has 2 aromatic rings. The first-order chi connectivity index (χ1) is 9.47. The molecule has 3 nitrogen and oxygen atoms in total. The predicted molar refractivity (Wildman–Crippen MR) is 79.5 cm³/mol. The van der Waals surface area contributed by atoms with Crippen molar-refractivity contribution in [3.8, 4) is 0 Å². The molecule has 104 valence electrons. The fourth-order valence-corrected chi connectivity index (χ4v) is 2.70. The van der Waals surface area contributed by atoms with Gasteiger partial charge in [-0.25, -0.2) is 4.39 Å². The molecule has 0 saturated carbocycles. The zero-order chi connectivity index (χ0) is 14.7. The van der Waals surface area contributed by atoms with Gasteiger partial charge in [-0.3, -0.25) is 10.1 Å². The molecule has 0 heterocycles. The van der Waals surface area contributed by atoms with E-state index < -0.39 is 16.1 Å². The maximum atomic E-state index is 13.3. The Morgan fingerprint density at radius 2 is 2.00 bits per heavy atom. The quantitative estimate of drug-likeness (QED) is 0.437. The van der Waals surface area contributed by atoms with Gasteiger partial charge in [-0.05, 0) is 30.2 Å². The Labute approximate surface area is 128 Å². The summed E-state index contributed by atoms with van der Waals surface area (Å²) in [5.41, 5.74) is 1.13. The molecule has 0 saturated heterocycles. The molecule has 6 heteroatoms. The molecule has 0 N–H and O–H groups in total. The monoisotopic (exact) mass is 357 g/mol. The topological polar surface area (TPSA) is 43.1 Å². The Morgan fingerprint density at radius 1 is 1.30 bits per heavy atom. The van der Waals surface area contributed by atoms with E-state index in [9.17, 15) is 14.5 Å². The second-order valence-electron chi connectivity index (χ2n) is 4.26. The minimum atomic E-state index is -0.539. The van der Waals surface area contributed by atoms with Crippen molar-refractivity contribution < 1.29 is 9.31 Å². The van der Waals surface area contributed by atoms with Crippen molar-refractivity contribution >= 4 is 33.2 Å². The second-order valence-corrected chi connectivity index (χ2v) is 5.70. The maximum absolute atomic E-state index is 13.3. The number of alkyl halides is 1. The number of nitrogens with zero attached hydrogens (tertiary/aromatic N) is 1. The third kappa shape index (κ3) is 3.55. The van der Waals surface area contributed by atoms with E-state index in [0.717, 1.165) is 0 Å². The van der Waals surface area contributed by atoms with Crippen molar-refractivity contribution in [2.45, 2.75) is 11.8 Å². The summed E-state index contributed by atoms with van der Waals surface area (Å²) < 4.78 is 13.9. The van der Waals surface area contributed by atoms with Crippen molar-refractivity contribution in [1.82, 2.24) is 0 Å². The Morgan fingerprint density at radius 3 is 2.65 bits per heavy atom. The third-order valence-electron chi connectivity index (χ3n) is 2.83. The van der Waals surface area contributed by atoms with Gasteiger partial charge in [-0.15, -0.1) is 11.6 Å². The summed E-state index contributed by atoms with van der Waals surface area (Å²) in [6, 6.07) is 10.8. The first-order valence-corrected chi connectivity index (χ1v) is 7.02. The summed E-state index contributed by atoms with van der Waals surface area (Å²) >= 11 is 9.45. The number of halogens is 3. The van der Waals surface area contributed by atoms with E-state index in [-0.39, 0.29) is 12.1 Å². The first kappa shape index (κ1) is 14.9. The van der Waals surface area contributed by atoms with E-state index in [4.69, 9.17) is 11.6 Å². The first-order valence-electron chi connectivity index (χ1n) is 5.79. The Balaban J connectivity index is 2.28. The zero-order valence-electron chi connectivity index (χ0n) is 10.2. The zero-order valence-corrected chi connectivity index (χ0v) is 12.6. The van der Waals surface area contributed by atoms with Crippen LogP contribution >= 0.6 is 27.5 Å². The van der Waals surface area contributed by atoms with Crippen molar-refractivity contribution in [2.24, 2.45) is 0 Å². The fraction of sp³-hybridized carbons (Fsp3) is 0.143. The number of rotatable bonds is 4. The fourth-order valence-electron chi connectivity index (χ4n) is 1.93. The van der Waals surface area contributed by atoms with Gasteiger partial charge in [-0.2, -0.15) is 0 Å². The molecule has 2 aromatic carbocycles. The Hall–Kier alpha value is -1.46. The molecule has 0 aliphatic carbocycles. The van der Waals surface area contributed by atoms with E-state index in [1.54, 1.807) is 24.3 Å². The molecule has 0 fully saturated rings. The smallest absolute Gasteiger partial charge is 0.258 e. The minimum absolute atomic E-state index is 0.0219. The number of benzene rings is 2. The summed E-state index contributed by atoms with van der Waals surface area (Å²) in [5.74, 6) is -0.400. The van der Waals surface area contributed by atoms with Crippen LogP contribution in [0.25, 0.3) is 0 Å². The normalized spacial score (nSPS) is 12.2. The molecule has 0 amide bonds. The highest BCUT2D eigenvalue weighted by Gasteiger charge is 2.18. The third-order valence-corrected chi connectivity index (χ3v) is 3.70. The van der Waals surface area contributed by atoms with Crippen LogP contribution in [0.2, 0.25) is 0 Å². The SMILES string of the molecule is O=[N+]([O-])c1ccccc1CC(Cl)c1cc(F)cc(Br)c1. The average molecular weight is 359 g/mol. The van der Waals surface area contributed by atoms with Crippen LogP contribution in [-0.2, 0) is 6.42 Å². The number of hydrogen-bond donors (Lipinski definition) is 0. The van der Waals surface area contributed by atoms with Crippen LogP contribution in [0.3, 0.4) is 0 Å². The van der Waals surface area contributed by atoms with Gasteiger partial charge in [0.1, 0.15) is 5.82 Å². The van der Waals surface area contributed by atoms with Crippen molar-refractivity contribution in [1.29, 1.82) is 0 Å². The van der Waals surface area contributed by atoms with Crippen LogP contribution < -0.4 is 0 Å². The molecule has 1 unspecified atom stereocenters. The highest BCUT2D eigenvalue weighted by molar-refractivity contribution is 9.10. The van der Waals surface area contributed by atoms with Gasteiger partial charge in [0.15, 0.2) is 0 Å². The Bertz CT molecular complexity index is 631. The Kier molecular flexibility index (Phi) is 4.73. The molecular weight excluding hydrogens is 349 g/mol. The number of nitro benzene ring substituents is 1. The molecule has 2 rings (SSSR count). The van der Waals surface area contributed by atoms with E-state index in [1.807, 2.05) is 0 Å². The lowest BCUT2D eigenvalue weighted by Crippen LogP contribution is -2.01. The van der Waals surface area contributed by atoms with Gasteiger partial charge in [0.2, 0.25) is 0 Å². The highest BCUT2D eigenvalue weighted by atomic mass is 79.9. The molecule has 0 aliphatic heterocycles. The highest BCUT2D eigenvalue weighted by Crippen LogP contribution is 2.31. The molecule has 0 aromatic heterocycles. The molecule has 0 spiro atoms. The minimum Gasteiger partial charge on any atom is -0.258 e.